The molecule has 27 heavy (non-hydrogen) atoms. The Hall–Kier alpha value is -3.28. The monoisotopic (exact) mass is 367 g/mol. The number of hydrogen-bond donors (Lipinski definition) is 2. The predicted octanol–water partition coefficient (Wildman–Crippen LogP) is 2.66. The van der Waals surface area contributed by atoms with Crippen LogP contribution in [0, 0.1) is 17.2 Å². The lowest BCUT2D eigenvalue weighted by Gasteiger charge is -2.22. The third-order valence-electron chi connectivity index (χ3n) is 4.50. The highest BCUT2D eigenvalue weighted by Gasteiger charge is 2.18. The van der Waals surface area contributed by atoms with Crippen LogP contribution in [0.4, 0.5) is 17.3 Å². The zero-order valence-electron chi connectivity index (χ0n) is 15.1. The molecule has 1 saturated carbocycles. The van der Waals surface area contributed by atoms with Gasteiger partial charge in [0.1, 0.15) is 11.9 Å². The Bertz CT molecular complexity index is 827. The molecule has 9 heteroatoms. The first-order chi connectivity index (χ1) is 13.2. The number of nitrogens with one attached hydrogen (secondary N) is 2. The van der Waals surface area contributed by atoms with Crippen LogP contribution in [0.15, 0.2) is 18.5 Å². The Morgan fingerprint density at radius 2 is 2.04 bits per heavy atom. The fourth-order valence-corrected chi connectivity index (χ4v) is 3.06. The van der Waals surface area contributed by atoms with Gasteiger partial charge in [0.2, 0.25) is 0 Å². The molecular weight excluding hydrogens is 346 g/mol. The van der Waals surface area contributed by atoms with Crippen LogP contribution in [0.3, 0.4) is 0 Å². The first kappa shape index (κ1) is 18.5. The smallest absolute Gasteiger partial charge is 0.360 e. The second-order valence-electron chi connectivity index (χ2n) is 6.39. The molecule has 140 valence electrons. The average Bonchev–Trinajstić information content (AvgIpc) is 2.73. The fraction of sp³-hybridized carbons (Fsp3) is 0.444. The number of nitrogens with zero attached hydrogens (tertiary/aromatic N) is 5. The van der Waals surface area contributed by atoms with Crippen molar-refractivity contribution in [1.82, 2.24) is 20.2 Å². The number of carbonyl (C=O) groups is 1. The summed E-state index contributed by atoms with van der Waals surface area (Å²) in [6.45, 7) is 0.770. The Morgan fingerprint density at radius 3 is 2.70 bits per heavy atom. The van der Waals surface area contributed by atoms with Crippen LogP contribution in [-0.4, -0.2) is 39.8 Å². The van der Waals surface area contributed by atoms with Crippen LogP contribution in [-0.2, 0) is 4.74 Å². The third kappa shape index (κ3) is 4.88. The van der Waals surface area contributed by atoms with Gasteiger partial charge in [-0.2, -0.15) is 5.26 Å². The Morgan fingerprint density at radius 1 is 1.22 bits per heavy atom. The van der Waals surface area contributed by atoms with Crippen molar-refractivity contribution >= 4 is 23.3 Å². The number of ether oxygens (including phenoxy) is 1. The van der Waals surface area contributed by atoms with E-state index in [1.807, 2.05) is 6.07 Å². The van der Waals surface area contributed by atoms with E-state index in [0.29, 0.717) is 23.2 Å². The zero-order chi connectivity index (χ0) is 19.1. The number of aromatic nitrogens is 4. The number of nitriles is 1. The van der Waals surface area contributed by atoms with E-state index in [4.69, 9.17) is 10.00 Å². The fourth-order valence-electron chi connectivity index (χ4n) is 3.06. The van der Waals surface area contributed by atoms with E-state index < -0.39 is 5.97 Å². The molecule has 1 fully saturated rings. The van der Waals surface area contributed by atoms with Crippen LogP contribution >= 0.6 is 0 Å². The summed E-state index contributed by atoms with van der Waals surface area (Å²) in [6.07, 6.45) is 8.95. The lowest BCUT2D eigenvalue weighted by Crippen LogP contribution is -2.20. The van der Waals surface area contributed by atoms with Crippen LogP contribution in [0.5, 0.6) is 0 Å². The maximum absolute atomic E-state index is 12.0. The lowest BCUT2D eigenvalue weighted by atomic mass is 9.89. The molecule has 0 aromatic carbocycles. The van der Waals surface area contributed by atoms with Gasteiger partial charge < -0.3 is 15.4 Å². The summed E-state index contributed by atoms with van der Waals surface area (Å²) in [5.41, 5.74) is 0.929. The van der Waals surface area contributed by atoms with Gasteiger partial charge in [0, 0.05) is 12.6 Å². The Labute approximate surface area is 157 Å². The van der Waals surface area contributed by atoms with Crippen molar-refractivity contribution < 1.29 is 9.53 Å². The highest BCUT2D eigenvalue weighted by molar-refractivity contribution is 5.93. The van der Waals surface area contributed by atoms with Crippen molar-refractivity contribution in [3.05, 3.63) is 29.8 Å². The normalized spacial score (nSPS) is 14.2. The van der Waals surface area contributed by atoms with Crippen molar-refractivity contribution in [3.8, 4) is 6.07 Å². The number of methoxy groups -OCH3 is 1. The number of hydrogen-bond acceptors (Lipinski definition) is 9. The summed E-state index contributed by atoms with van der Waals surface area (Å²) >= 11 is 0. The van der Waals surface area contributed by atoms with E-state index in [2.05, 4.69) is 30.8 Å². The number of carbonyl (C=O) groups excluding carboxylic acids is 1. The van der Waals surface area contributed by atoms with Gasteiger partial charge in [-0.1, -0.05) is 19.3 Å². The second-order valence-corrected chi connectivity index (χ2v) is 6.39. The Balaban J connectivity index is 1.76. The summed E-state index contributed by atoms with van der Waals surface area (Å²) in [6, 6.07) is 3.61. The van der Waals surface area contributed by atoms with Crippen molar-refractivity contribution in [2.45, 2.75) is 32.1 Å². The van der Waals surface area contributed by atoms with E-state index >= 15 is 0 Å². The van der Waals surface area contributed by atoms with Gasteiger partial charge in [-0.15, -0.1) is 10.2 Å². The minimum absolute atomic E-state index is 0.143. The van der Waals surface area contributed by atoms with Crippen molar-refractivity contribution in [2.75, 3.05) is 24.3 Å². The van der Waals surface area contributed by atoms with E-state index in [-0.39, 0.29) is 11.4 Å². The van der Waals surface area contributed by atoms with Crippen molar-refractivity contribution in [1.29, 1.82) is 5.26 Å². The van der Waals surface area contributed by atoms with Crippen LogP contribution < -0.4 is 10.6 Å². The summed E-state index contributed by atoms with van der Waals surface area (Å²) in [5, 5.41) is 23.1. The topological polar surface area (TPSA) is 126 Å². The van der Waals surface area contributed by atoms with Crippen molar-refractivity contribution in [3.63, 3.8) is 0 Å². The maximum atomic E-state index is 12.0. The van der Waals surface area contributed by atoms with Gasteiger partial charge >= 0.3 is 5.97 Å². The first-order valence-corrected chi connectivity index (χ1v) is 8.88. The van der Waals surface area contributed by atoms with E-state index in [0.717, 1.165) is 6.54 Å². The Kier molecular flexibility index (Phi) is 6.10. The minimum Gasteiger partial charge on any atom is -0.464 e. The summed E-state index contributed by atoms with van der Waals surface area (Å²) in [4.78, 5) is 20.0. The molecule has 0 spiro atoms. The second kappa shape index (κ2) is 8.89. The molecule has 1 aliphatic rings. The molecule has 0 radical (unpaired) electrons. The quantitative estimate of drug-likeness (QED) is 0.741. The summed E-state index contributed by atoms with van der Waals surface area (Å²) in [7, 11) is 1.31. The molecule has 2 N–H and O–H groups in total. The highest BCUT2D eigenvalue weighted by atomic mass is 16.5. The third-order valence-corrected chi connectivity index (χ3v) is 4.50. The van der Waals surface area contributed by atoms with Crippen LogP contribution in [0.2, 0.25) is 0 Å². The minimum atomic E-state index is -0.543. The first-order valence-electron chi connectivity index (χ1n) is 8.88. The molecule has 0 unspecified atom stereocenters. The van der Waals surface area contributed by atoms with Gasteiger partial charge in [-0.3, -0.25) is 0 Å². The molecule has 1 aliphatic carbocycles. The zero-order valence-corrected chi connectivity index (χ0v) is 15.1. The maximum Gasteiger partial charge on any atom is 0.360 e. The summed E-state index contributed by atoms with van der Waals surface area (Å²) < 4.78 is 4.80. The van der Waals surface area contributed by atoms with Crippen molar-refractivity contribution in [2.24, 2.45) is 5.92 Å². The van der Waals surface area contributed by atoms with Crippen LogP contribution in [0.25, 0.3) is 0 Å². The molecule has 3 rings (SSSR count). The van der Waals surface area contributed by atoms with E-state index in [1.54, 1.807) is 6.07 Å². The van der Waals surface area contributed by atoms with E-state index in [9.17, 15) is 4.79 Å². The van der Waals surface area contributed by atoms with Gasteiger partial charge in [-0.25, -0.2) is 14.8 Å². The number of esters is 1. The molecule has 0 aliphatic heterocycles. The molecule has 2 heterocycles. The molecule has 0 atom stereocenters. The molecular formula is C18H21N7O2. The van der Waals surface area contributed by atoms with Gasteiger partial charge in [0.05, 0.1) is 25.2 Å². The van der Waals surface area contributed by atoms with Gasteiger partial charge in [0.15, 0.2) is 17.2 Å². The number of rotatable bonds is 6. The lowest BCUT2D eigenvalue weighted by molar-refractivity contribution is 0.0594. The van der Waals surface area contributed by atoms with Crippen LogP contribution in [0.1, 0.15) is 48.3 Å². The molecule has 2 aromatic heterocycles. The van der Waals surface area contributed by atoms with E-state index in [1.165, 1.54) is 51.6 Å². The molecule has 0 amide bonds. The van der Waals surface area contributed by atoms with Gasteiger partial charge in [-0.05, 0) is 18.8 Å². The number of anilines is 3. The van der Waals surface area contributed by atoms with Gasteiger partial charge in [0.25, 0.3) is 0 Å². The standard InChI is InChI=1S/C18H21N7O2/c1-27-18(26)17-14(21-9-12-5-3-2-4-6-12)7-15(24-25-17)23-16-11-20-13(8-19)10-22-16/h7,10-12H,2-6,9H2,1H3,(H2,21,22,23,24). The molecule has 9 nitrogen and oxygen atoms in total. The average molecular weight is 367 g/mol. The molecule has 2 aromatic rings. The summed E-state index contributed by atoms with van der Waals surface area (Å²) in [5.74, 6) is 0.872. The highest BCUT2D eigenvalue weighted by Crippen LogP contribution is 2.25. The largest absolute Gasteiger partial charge is 0.464 e. The molecule has 0 bridgehead atoms. The molecule has 0 saturated heterocycles. The SMILES string of the molecule is COC(=O)c1nnc(Nc2cnc(C#N)cn2)cc1NCC1CCCCC1. The predicted molar refractivity (Wildman–Crippen MR) is 98.5 cm³/mol.